The fraction of sp³-hybridized carbons (Fsp3) is 0.273. The van der Waals surface area contributed by atoms with E-state index in [4.69, 9.17) is 5.11 Å². The molecule has 0 aliphatic rings. The van der Waals surface area contributed by atoms with Crippen LogP contribution in [0.25, 0.3) is 5.65 Å². The first-order chi connectivity index (χ1) is 8.39. The van der Waals surface area contributed by atoms with E-state index in [1.165, 1.54) is 22.9 Å². The molecule has 0 saturated carbocycles. The minimum absolute atomic E-state index is 0.137. The average molecular weight is 258 g/mol. The highest BCUT2D eigenvalue weighted by Crippen LogP contribution is 2.32. The number of halogens is 3. The molecule has 0 fully saturated rings. The molecule has 2 heterocycles. The third-order valence-corrected chi connectivity index (χ3v) is 2.51. The van der Waals surface area contributed by atoms with Gasteiger partial charge in [0.15, 0.2) is 0 Å². The van der Waals surface area contributed by atoms with Crippen LogP contribution < -0.4 is 0 Å². The number of alkyl halides is 3. The van der Waals surface area contributed by atoms with Crippen LogP contribution in [0.1, 0.15) is 17.7 Å². The Morgan fingerprint density at radius 2 is 2.17 bits per heavy atom. The minimum atomic E-state index is -4.47. The van der Waals surface area contributed by atoms with E-state index in [0.717, 1.165) is 6.07 Å². The van der Waals surface area contributed by atoms with Gasteiger partial charge in [0, 0.05) is 24.5 Å². The minimum Gasteiger partial charge on any atom is -0.481 e. The van der Waals surface area contributed by atoms with E-state index >= 15 is 0 Å². The Hall–Kier alpha value is -2.05. The lowest BCUT2D eigenvalue weighted by atomic mass is 10.2. The Kier molecular flexibility index (Phi) is 2.98. The second-order valence-electron chi connectivity index (χ2n) is 3.76. The van der Waals surface area contributed by atoms with E-state index in [9.17, 15) is 18.0 Å². The number of nitrogens with zero attached hydrogens (tertiary/aromatic N) is 2. The van der Waals surface area contributed by atoms with Gasteiger partial charge in [-0.25, -0.2) is 4.98 Å². The highest BCUT2D eigenvalue weighted by Gasteiger charge is 2.33. The molecular weight excluding hydrogens is 249 g/mol. The number of aromatic nitrogens is 2. The van der Waals surface area contributed by atoms with Gasteiger partial charge in [0.05, 0.1) is 12.0 Å². The van der Waals surface area contributed by atoms with Gasteiger partial charge in [0.1, 0.15) is 5.65 Å². The largest absolute Gasteiger partial charge is 0.481 e. The molecule has 0 radical (unpaired) electrons. The zero-order valence-electron chi connectivity index (χ0n) is 9.11. The van der Waals surface area contributed by atoms with Gasteiger partial charge in [-0.15, -0.1) is 0 Å². The standard InChI is InChI=1S/C11H9F3N2O2/c12-11(13,14)8-2-1-5-16-7(3-4-9(17)18)6-15-10(8)16/h1-2,5-6H,3-4H2,(H,17,18). The number of carbonyl (C=O) groups is 1. The first-order valence-electron chi connectivity index (χ1n) is 5.13. The van der Waals surface area contributed by atoms with Crippen molar-refractivity contribution in [3.63, 3.8) is 0 Å². The van der Waals surface area contributed by atoms with Gasteiger partial charge in [-0.05, 0) is 12.1 Å². The van der Waals surface area contributed by atoms with Crippen molar-refractivity contribution >= 4 is 11.6 Å². The van der Waals surface area contributed by atoms with Crippen LogP contribution in [0, 0.1) is 0 Å². The number of aliphatic carboxylic acids is 1. The number of fused-ring (bicyclic) bond motifs is 1. The number of imidazole rings is 1. The van der Waals surface area contributed by atoms with Crippen molar-refractivity contribution in [2.75, 3.05) is 0 Å². The summed E-state index contributed by atoms with van der Waals surface area (Å²) in [5, 5.41) is 8.56. The molecule has 2 aromatic rings. The van der Waals surface area contributed by atoms with Gasteiger partial charge < -0.3 is 9.51 Å². The van der Waals surface area contributed by atoms with Crippen molar-refractivity contribution in [2.45, 2.75) is 19.0 Å². The molecule has 0 unspecified atom stereocenters. The smallest absolute Gasteiger partial charge is 0.419 e. The van der Waals surface area contributed by atoms with Gasteiger partial charge in [-0.3, -0.25) is 4.79 Å². The molecule has 0 bridgehead atoms. The number of hydrogen-bond acceptors (Lipinski definition) is 2. The number of aryl methyl sites for hydroxylation is 1. The van der Waals surface area contributed by atoms with Crippen molar-refractivity contribution in [3.05, 3.63) is 35.8 Å². The Morgan fingerprint density at radius 3 is 2.78 bits per heavy atom. The summed E-state index contributed by atoms with van der Waals surface area (Å²) in [6.07, 6.45) is -1.78. The number of rotatable bonds is 3. The van der Waals surface area contributed by atoms with Crippen LogP contribution in [-0.2, 0) is 17.4 Å². The lowest BCUT2D eigenvalue weighted by molar-refractivity contribution is -0.137. The summed E-state index contributed by atoms with van der Waals surface area (Å²) in [6, 6.07) is 2.21. The van der Waals surface area contributed by atoms with Crippen LogP contribution in [-0.4, -0.2) is 20.5 Å². The summed E-state index contributed by atoms with van der Waals surface area (Å²) in [4.78, 5) is 14.2. The normalized spacial score (nSPS) is 11.9. The van der Waals surface area contributed by atoms with E-state index in [-0.39, 0.29) is 18.5 Å². The maximum atomic E-state index is 12.7. The fourth-order valence-electron chi connectivity index (χ4n) is 1.70. The highest BCUT2D eigenvalue weighted by atomic mass is 19.4. The van der Waals surface area contributed by atoms with E-state index in [2.05, 4.69) is 4.98 Å². The monoisotopic (exact) mass is 258 g/mol. The van der Waals surface area contributed by atoms with Crippen molar-refractivity contribution in [3.8, 4) is 0 Å². The summed E-state index contributed by atoms with van der Waals surface area (Å²) >= 11 is 0. The van der Waals surface area contributed by atoms with E-state index in [1.54, 1.807) is 0 Å². The second kappa shape index (κ2) is 4.32. The van der Waals surface area contributed by atoms with Crippen molar-refractivity contribution in [1.82, 2.24) is 9.38 Å². The molecule has 0 amide bonds. The summed E-state index contributed by atoms with van der Waals surface area (Å²) in [5.41, 5.74) is -0.588. The van der Waals surface area contributed by atoms with Gasteiger partial charge in [0.25, 0.3) is 0 Å². The van der Waals surface area contributed by atoms with Crippen molar-refractivity contribution < 1.29 is 23.1 Å². The van der Waals surface area contributed by atoms with E-state index in [0.29, 0.717) is 5.69 Å². The SMILES string of the molecule is O=C(O)CCc1cnc2c(C(F)(F)F)cccn12. The third-order valence-electron chi connectivity index (χ3n) is 2.51. The Balaban J connectivity index is 2.45. The molecule has 4 nitrogen and oxygen atoms in total. The lowest BCUT2D eigenvalue weighted by Crippen LogP contribution is -2.08. The molecule has 0 aliphatic carbocycles. The van der Waals surface area contributed by atoms with Crippen LogP contribution in [0.3, 0.4) is 0 Å². The molecule has 2 rings (SSSR count). The summed E-state index contributed by atoms with van der Waals surface area (Å²) in [5.74, 6) is -1.00. The van der Waals surface area contributed by atoms with Crippen LogP contribution in [0.5, 0.6) is 0 Å². The predicted octanol–water partition coefficient (Wildman–Crippen LogP) is 2.37. The highest BCUT2D eigenvalue weighted by molar-refractivity contribution is 5.67. The molecule has 96 valence electrons. The maximum absolute atomic E-state index is 12.7. The zero-order valence-corrected chi connectivity index (χ0v) is 9.11. The summed E-state index contributed by atoms with van der Waals surface area (Å²) < 4.78 is 39.4. The molecular formula is C11H9F3N2O2. The summed E-state index contributed by atoms with van der Waals surface area (Å²) in [7, 11) is 0. The van der Waals surface area contributed by atoms with Crippen LogP contribution in [0.2, 0.25) is 0 Å². The molecule has 0 aromatic carbocycles. The average Bonchev–Trinajstić information content (AvgIpc) is 2.67. The molecule has 2 aromatic heterocycles. The van der Waals surface area contributed by atoms with Crippen LogP contribution in [0.4, 0.5) is 13.2 Å². The quantitative estimate of drug-likeness (QED) is 0.919. The zero-order chi connectivity index (χ0) is 13.3. The molecule has 0 saturated heterocycles. The predicted molar refractivity (Wildman–Crippen MR) is 56.2 cm³/mol. The first kappa shape index (κ1) is 12.4. The number of hydrogen-bond donors (Lipinski definition) is 1. The Labute approximate surface area is 99.7 Å². The van der Waals surface area contributed by atoms with Crippen molar-refractivity contribution in [1.29, 1.82) is 0 Å². The first-order valence-corrected chi connectivity index (χ1v) is 5.13. The molecule has 0 spiro atoms. The van der Waals surface area contributed by atoms with Gasteiger partial charge in [-0.1, -0.05) is 0 Å². The van der Waals surface area contributed by atoms with Gasteiger partial charge in [-0.2, -0.15) is 13.2 Å². The maximum Gasteiger partial charge on any atom is 0.419 e. The molecule has 0 aliphatic heterocycles. The molecule has 1 N–H and O–H groups in total. The molecule has 0 atom stereocenters. The molecule has 18 heavy (non-hydrogen) atoms. The van der Waals surface area contributed by atoms with Crippen LogP contribution in [0.15, 0.2) is 24.5 Å². The fourth-order valence-corrected chi connectivity index (χ4v) is 1.70. The summed E-state index contributed by atoms with van der Waals surface area (Å²) in [6.45, 7) is 0. The number of carboxylic acids is 1. The van der Waals surface area contributed by atoms with Gasteiger partial charge in [0.2, 0.25) is 0 Å². The Morgan fingerprint density at radius 1 is 1.44 bits per heavy atom. The van der Waals surface area contributed by atoms with Crippen molar-refractivity contribution in [2.24, 2.45) is 0 Å². The Bertz CT molecular complexity index is 589. The topological polar surface area (TPSA) is 54.6 Å². The van der Waals surface area contributed by atoms with E-state index < -0.39 is 17.7 Å². The lowest BCUT2D eigenvalue weighted by Gasteiger charge is -2.08. The molecule has 7 heteroatoms. The number of carboxylic acid groups (broad SMARTS) is 1. The second-order valence-corrected chi connectivity index (χ2v) is 3.76. The third kappa shape index (κ3) is 2.29. The number of pyridine rings is 1. The van der Waals surface area contributed by atoms with Gasteiger partial charge >= 0.3 is 12.1 Å². The van der Waals surface area contributed by atoms with Crippen LogP contribution >= 0.6 is 0 Å². The van der Waals surface area contributed by atoms with E-state index in [1.807, 2.05) is 0 Å².